The number of nitrogens with one attached hydrogen (secondary N) is 2. The Morgan fingerprint density at radius 2 is 1.87 bits per heavy atom. The molecular weight excluding hydrogens is 503 g/mol. The zero-order chi connectivity index (χ0) is 21.2. The van der Waals surface area contributed by atoms with Crippen LogP contribution in [0.2, 0.25) is 0 Å². The van der Waals surface area contributed by atoms with E-state index in [4.69, 9.17) is 14.5 Å². The van der Waals surface area contributed by atoms with Gasteiger partial charge in [-0.2, -0.15) is 0 Å². The minimum atomic E-state index is 0. The van der Waals surface area contributed by atoms with Gasteiger partial charge in [-0.15, -0.1) is 24.0 Å². The molecular formula is C24H35IN4O2. The molecule has 31 heavy (non-hydrogen) atoms. The molecule has 0 radical (unpaired) electrons. The Morgan fingerprint density at radius 1 is 1.13 bits per heavy atom. The third-order valence-corrected chi connectivity index (χ3v) is 5.33. The molecule has 6 nitrogen and oxygen atoms in total. The van der Waals surface area contributed by atoms with E-state index in [1.165, 1.54) is 11.1 Å². The lowest BCUT2D eigenvalue weighted by molar-refractivity contribution is 0.0170. The van der Waals surface area contributed by atoms with Gasteiger partial charge in [0.1, 0.15) is 5.75 Å². The number of methoxy groups -OCH3 is 1. The molecule has 1 heterocycles. The number of nitrogens with zero attached hydrogens (tertiary/aromatic N) is 2. The lowest BCUT2D eigenvalue weighted by Gasteiger charge is -2.35. The summed E-state index contributed by atoms with van der Waals surface area (Å²) >= 11 is 0. The number of ether oxygens (including phenoxy) is 2. The lowest BCUT2D eigenvalue weighted by Crippen LogP contribution is -2.46. The topological polar surface area (TPSA) is 58.1 Å². The molecule has 2 N–H and O–H groups in total. The number of aryl methyl sites for hydroxylation is 1. The van der Waals surface area contributed by atoms with Crippen LogP contribution in [0.5, 0.6) is 5.75 Å². The van der Waals surface area contributed by atoms with Crippen LogP contribution in [0.15, 0.2) is 53.5 Å². The van der Waals surface area contributed by atoms with Crippen LogP contribution in [-0.2, 0) is 11.3 Å². The first-order valence-electron chi connectivity index (χ1n) is 10.7. The summed E-state index contributed by atoms with van der Waals surface area (Å²) in [5, 5.41) is 6.92. The highest BCUT2D eigenvalue weighted by atomic mass is 127. The zero-order valence-electron chi connectivity index (χ0n) is 18.8. The fourth-order valence-electron chi connectivity index (χ4n) is 3.70. The van der Waals surface area contributed by atoms with Gasteiger partial charge in [0.15, 0.2) is 5.96 Å². The number of hydrogen-bond acceptors (Lipinski definition) is 4. The molecule has 0 amide bonds. The van der Waals surface area contributed by atoms with Crippen molar-refractivity contribution in [3.8, 4) is 5.75 Å². The van der Waals surface area contributed by atoms with E-state index in [1.807, 2.05) is 0 Å². The first-order valence-corrected chi connectivity index (χ1v) is 10.7. The van der Waals surface area contributed by atoms with E-state index in [9.17, 15) is 0 Å². The summed E-state index contributed by atoms with van der Waals surface area (Å²) in [6.07, 6.45) is 0. The van der Waals surface area contributed by atoms with Gasteiger partial charge in [0.2, 0.25) is 0 Å². The Bertz CT molecular complexity index is 810. The van der Waals surface area contributed by atoms with Crippen molar-refractivity contribution >= 4 is 29.9 Å². The van der Waals surface area contributed by atoms with Gasteiger partial charge in [-0.3, -0.25) is 4.90 Å². The monoisotopic (exact) mass is 538 g/mol. The molecule has 0 saturated carbocycles. The average molecular weight is 538 g/mol. The minimum absolute atomic E-state index is 0. The van der Waals surface area contributed by atoms with Crippen molar-refractivity contribution in [1.82, 2.24) is 15.5 Å². The number of morpholine rings is 1. The van der Waals surface area contributed by atoms with Gasteiger partial charge in [-0.1, -0.05) is 42.5 Å². The fourth-order valence-corrected chi connectivity index (χ4v) is 3.70. The molecule has 0 aromatic heterocycles. The van der Waals surface area contributed by atoms with Crippen LogP contribution in [0.4, 0.5) is 0 Å². The maximum absolute atomic E-state index is 5.56. The number of halogens is 1. The summed E-state index contributed by atoms with van der Waals surface area (Å²) in [5.74, 6) is 1.69. The molecule has 2 aromatic rings. The first-order chi connectivity index (χ1) is 14.7. The van der Waals surface area contributed by atoms with Gasteiger partial charge in [-0.25, -0.2) is 4.99 Å². The molecule has 0 aliphatic carbocycles. The Morgan fingerprint density at radius 3 is 2.55 bits per heavy atom. The van der Waals surface area contributed by atoms with Crippen LogP contribution in [-0.4, -0.2) is 57.4 Å². The number of rotatable bonds is 8. The lowest BCUT2D eigenvalue weighted by atomic mass is 10.0. The molecule has 1 atom stereocenters. The quantitative estimate of drug-likeness (QED) is 0.305. The van der Waals surface area contributed by atoms with Crippen molar-refractivity contribution in [2.45, 2.75) is 26.4 Å². The molecule has 1 aliphatic rings. The number of hydrogen-bond donors (Lipinski definition) is 2. The van der Waals surface area contributed by atoms with E-state index >= 15 is 0 Å². The van der Waals surface area contributed by atoms with Crippen LogP contribution in [0.3, 0.4) is 0 Å². The van der Waals surface area contributed by atoms with E-state index in [0.29, 0.717) is 6.54 Å². The van der Waals surface area contributed by atoms with Crippen molar-refractivity contribution in [3.63, 3.8) is 0 Å². The second-order valence-corrected chi connectivity index (χ2v) is 7.47. The fraction of sp³-hybridized carbons (Fsp3) is 0.458. The molecule has 2 aromatic carbocycles. The molecule has 1 saturated heterocycles. The molecule has 1 aliphatic heterocycles. The first kappa shape index (κ1) is 25.4. The molecule has 3 rings (SSSR count). The van der Waals surface area contributed by atoms with Crippen molar-refractivity contribution in [1.29, 1.82) is 0 Å². The van der Waals surface area contributed by atoms with E-state index in [1.54, 1.807) is 7.11 Å². The standard InChI is InChI=1S/C24H34N4O2.HI/c1-4-25-24(26-17-21-11-10-19(2)16-23(21)29-3)27-18-22(20-8-6-5-7-9-20)28-12-14-30-15-13-28;/h5-11,16,22H,4,12-15,17-18H2,1-3H3,(H2,25,26,27);1H. The third kappa shape index (κ3) is 7.66. The second-order valence-electron chi connectivity index (χ2n) is 7.47. The maximum atomic E-state index is 5.56. The van der Waals surface area contributed by atoms with Crippen LogP contribution in [0.1, 0.15) is 29.7 Å². The molecule has 0 bridgehead atoms. The molecule has 1 fully saturated rings. The Kier molecular flexibility index (Phi) is 11.1. The third-order valence-electron chi connectivity index (χ3n) is 5.33. The van der Waals surface area contributed by atoms with Gasteiger partial charge >= 0.3 is 0 Å². The van der Waals surface area contributed by atoms with Crippen molar-refractivity contribution in [2.24, 2.45) is 4.99 Å². The maximum Gasteiger partial charge on any atom is 0.191 e. The minimum Gasteiger partial charge on any atom is -0.496 e. The van der Waals surface area contributed by atoms with Crippen LogP contribution >= 0.6 is 24.0 Å². The smallest absolute Gasteiger partial charge is 0.191 e. The van der Waals surface area contributed by atoms with E-state index < -0.39 is 0 Å². The molecule has 0 spiro atoms. The predicted molar refractivity (Wildman–Crippen MR) is 138 cm³/mol. The Hall–Kier alpha value is -1.84. The molecule has 1 unspecified atom stereocenters. The van der Waals surface area contributed by atoms with Crippen LogP contribution in [0.25, 0.3) is 0 Å². The summed E-state index contributed by atoms with van der Waals surface area (Å²) in [6, 6.07) is 17.2. The SMILES string of the molecule is CCNC(=NCc1ccc(C)cc1OC)NCC(c1ccccc1)N1CCOCC1.I. The summed E-state index contributed by atoms with van der Waals surface area (Å²) in [7, 11) is 1.71. The highest BCUT2D eigenvalue weighted by Gasteiger charge is 2.22. The summed E-state index contributed by atoms with van der Waals surface area (Å²) in [4.78, 5) is 7.29. The van der Waals surface area contributed by atoms with Crippen molar-refractivity contribution < 1.29 is 9.47 Å². The predicted octanol–water partition coefficient (Wildman–Crippen LogP) is 3.75. The largest absolute Gasteiger partial charge is 0.496 e. The second kappa shape index (κ2) is 13.5. The van der Waals surface area contributed by atoms with Crippen molar-refractivity contribution in [2.75, 3.05) is 46.5 Å². The average Bonchev–Trinajstić information content (AvgIpc) is 2.79. The normalized spacial score (nSPS) is 15.6. The van der Waals surface area contributed by atoms with E-state index in [-0.39, 0.29) is 30.0 Å². The van der Waals surface area contributed by atoms with Gasteiger partial charge < -0.3 is 20.1 Å². The van der Waals surface area contributed by atoms with Crippen molar-refractivity contribution in [3.05, 3.63) is 65.2 Å². The summed E-state index contributed by atoms with van der Waals surface area (Å²) in [5.41, 5.74) is 3.57. The Labute approximate surface area is 203 Å². The number of aliphatic imine (C=N–C) groups is 1. The number of benzene rings is 2. The highest BCUT2D eigenvalue weighted by molar-refractivity contribution is 14.0. The zero-order valence-corrected chi connectivity index (χ0v) is 21.1. The van der Waals surface area contributed by atoms with E-state index in [2.05, 4.69) is 77.9 Å². The summed E-state index contributed by atoms with van der Waals surface area (Å²) in [6.45, 7) is 9.74. The molecule has 7 heteroatoms. The van der Waals surface area contributed by atoms with E-state index in [0.717, 1.165) is 56.7 Å². The van der Waals surface area contributed by atoms with Gasteiger partial charge in [-0.05, 0) is 31.0 Å². The van der Waals surface area contributed by atoms with Crippen LogP contribution < -0.4 is 15.4 Å². The highest BCUT2D eigenvalue weighted by Crippen LogP contribution is 2.22. The van der Waals surface area contributed by atoms with Crippen LogP contribution in [0, 0.1) is 6.92 Å². The van der Waals surface area contributed by atoms with Gasteiger partial charge in [0.25, 0.3) is 0 Å². The van der Waals surface area contributed by atoms with Gasteiger partial charge in [0, 0.05) is 31.7 Å². The summed E-state index contributed by atoms with van der Waals surface area (Å²) < 4.78 is 11.1. The Balaban J connectivity index is 0.00000341. The van der Waals surface area contributed by atoms with Gasteiger partial charge in [0.05, 0.1) is 32.9 Å². The molecule has 170 valence electrons. The number of guanidine groups is 1.